The first-order chi connectivity index (χ1) is 9.38. The van der Waals surface area contributed by atoms with E-state index in [-0.39, 0.29) is 18.2 Å². The molecule has 0 aliphatic carbocycles. The Morgan fingerprint density at radius 1 is 1.40 bits per heavy atom. The van der Waals surface area contributed by atoms with Crippen LogP contribution in [0.2, 0.25) is 5.02 Å². The molecule has 1 atom stereocenters. The highest BCUT2D eigenvalue weighted by Crippen LogP contribution is 2.23. The van der Waals surface area contributed by atoms with Crippen LogP contribution in [0.4, 0.5) is 0 Å². The van der Waals surface area contributed by atoms with Gasteiger partial charge >= 0.3 is 5.97 Å². The minimum atomic E-state index is -0.943. The van der Waals surface area contributed by atoms with Crippen LogP contribution >= 0.6 is 11.6 Å². The lowest BCUT2D eigenvalue weighted by Gasteiger charge is -2.17. The van der Waals surface area contributed by atoms with Gasteiger partial charge in [-0.15, -0.1) is 0 Å². The summed E-state index contributed by atoms with van der Waals surface area (Å²) in [7, 11) is 1.54. The fourth-order valence-electron chi connectivity index (χ4n) is 1.88. The summed E-state index contributed by atoms with van der Waals surface area (Å²) in [6.07, 6.45) is 0. The van der Waals surface area contributed by atoms with Crippen molar-refractivity contribution in [2.24, 2.45) is 5.92 Å². The minimum absolute atomic E-state index is 0.117. The van der Waals surface area contributed by atoms with Gasteiger partial charge in [-0.1, -0.05) is 18.5 Å². The quantitative estimate of drug-likeness (QED) is 0.941. The number of carboxylic acid groups (broad SMARTS) is 1. The smallest absolute Gasteiger partial charge is 0.308 e. The number of fused-ring (bicyclic) bond motifs is 1. The van der Waals surface area contributed by atoms with Crippen molar-refractivity contribution in [1.82, 2.24) is 4.90 Å². The van der Waals surface area contributed by atoms with Crippen molar-refractivity contribution in [1.29, 1.82) is 0 Å². The predicted octanol–water partition coefficient (Wildman–Crippen LogP) is 2.88. The first kappa shape index (κ1) is 14.4. The number of carbonyl (C=O) groups excluding carboxylic acids is 1. The lowest BCUT2D eigenvalue weighted by Crippen LogP contribution is -2.33. The Labute approximate surface area is 120 Å². The molecule has 0 saturated carbocycles. The zero-order valence-electron chi connectivity index (χ0n) is 11.1. The van der Waals surface area contributed by atoms with E-state index >= 15 is 0 Å². The number of hydrogen-bond donors (Lipinski definition) is 1. The SMILES string of the molecule is CC(CN(C)C(=O)c1cc2cc(Cl)ccc2o1)C(=O)O. The Hall–Kier alpha value is -2.01. The van der Waals surface area contributed by atoms with Crippen LogP contribution in [0.3, 0.4) is 0 Å². The number of carbonyl (C=O) groups is 2. The van der Waals surface area contributed by atoms with Crippen molar-refractivity contribution in [3.63, 3.8) is 0 Å². The number of carboxylic acids is 1. The standard InChI is InChI=1S/C14H14ClNO4/c1-8(14(18)19)7-16(2)13(17)12-6-9-5-10(15)3-4-11(9)20-12/h3-6,8H,7H2,1-2H3,(H,18,19). The molecule has 0 radical (unpaired) electrons. The molecule has 106 valence electrons. The summed E-state index contributed by atoms with van der Waals surface area (Å²) < 4.78 is 5.45. The molecule has 6 heteroatoms. The van der Waals surface area contributed by atoms with E-state index < -0.39 is 11.9 Å². The number of benzene rings is 1. The van der Waals surface area contributed by atoms with E-state index in [2.05, 4.69) is 0 Å². The molecule has 1 unspecified atom stereocenters. The fraction of sp³-hybridized carbons (Fsp3) is 0.286. The van der Waals surface area contributed by atoms with Gasteiger partial charge in [0.2, 0.25) is 0 Å². The molecular weight excluding hydrogens is 282 g/mol. The molecular formula is C14H14ClNO4. The Morgan fingerprint density at radius 2 is 2.10 bits per heavy atom. The number of halogens is 1. The molecule has 1 N–H and O–H groups in total. The first-order valence-electron chi connectivity index (χ1n) is 6.06. The predicted molar refractivity (Wildman–Crippen MR) is 75.0 cm³/mol. The average molecular weight is 296 g/mol. The maximum absolute atomic E-state index is 12.2. The number of nitrogens with zero attached hydrogens (tertiary/aromatic N) is 1. The molecule has 1 aromatic heterocycles. The molecule has 1 aromatic carbocycles. The van der Waals surface area contributed by atoms with Crippen LogP contribution in [0.25, 0.3) is 11.0 Å². The van der Waals surface area contributed by atoms with Gasteiger partial charge in [0.05, 0.1) is 5.92 Å². The molecule has 20 heavy (non-hydrogen) atoms. The van der Waals surface area contributed by atoms with E-state index in [1.807, 2.05) is 0 Å². The first-order valence-corrected chi connectivity index (χ1v) is 6.43. The molecule has 0 aliphatic rings. The van der Waals surface area contributed by atoms with Crippen molar-refractivity contribution in [3.8, 4) is 0 Å². The summed E-state index contributed by atoms with van der Waals surface area (Å²) in [6.45, 7) is 1.66. The number of hydrogen-bond acceptors (Lipinski definition) is 3. The van der Waals surface area contributed by atoms with Crippen LogP contribution < -0.4 is 0 Å². The van der Waals surface area contributed by atoms with Crippen molar-refractivity contribution in [2.45, 2.75) is 6.92 Å². The van der Waals surface area contributed by atoms with Gasteiger partial charge in [-0.05, 0) is 24.3 Å². The number of rotatable bonds is 4. The van der Waals surface area contributed by atoms with E-state index in [4.69, 9.17) is 21.1 Å². The lowest BCUT2D eigenvalue weighted by molar-refractivity contribution is -0.141. The van der Waals surface area contributed by atoms with Crippen molar-refractivity contribution in [2.75, 3.05) is 13.6 Å². The average Bonchev–Trinajstić information content (AvgIpc) is 2.80. The molecule has 2 aromatic rings. The Bertz CT molecular complexity index is 664. The van der Waals surface area contributed by atoms with Gasteiger partial charge in [0, 0.05) is 24.0 Å². The molecule has 0 saturated heterocycles. The van der Waals surface area contributed by atoms with E-state index in [9.17, 15) is 9.59 Å². The lowest BCUT2D eigenvalue weighted by atomic mass is 10.1. The van der Waals surface area contributed by atoms with Gasteiger partial charge in [0.15, 0.2) is 5.76 Å². The van der Waals surface area contributed by atoms with Gasteiger partial charge in [-0.25, -0.2) is 0 Å². The third-order valence-corrected chi connectivity index (χ3v) is 3.24. The van der Waals surface area contributed by atoms with Gasteiger partial charge in [0.25, 0.3) is 5.91 Å². The van der Waals surface area contributed by atoms with Gasteiger partial charge in [-0.2, -0.15) is 0 Å². The number of aliphatic carboxylic acids is 1. The molecule has 2 rings (SSSR count). The second kappa shape index (κ2) is 5.54. The van der Waals surface area contributed by atoms with Crippen LogP contribution in [-0.4, -0.2) is 35.5 Å². The fourth-order valence-corrected chi connectivity index (χ4v) is 2.06. The summed E-state index contributed by atoms with van der Waals surface area (Å²) in [6, 6.07) is 6.68. The van der Waals surface area contributed by atoms with Crippen molar-refractivity contribution in [3.05, 3.63) is 35.0 Å². The summed E-state index contributed by atoms with van der Waals surface area (Å²) in [5.41, 5.74) is 0.567. The maximum atomic E-state index is 12.2. The Balaban J connectivity index is 2.20. The van der Waals surface area contributed by atoms with Crippen molar-refractivity contribution < 1.29 is 19.1 Å². The van der Waals surface area contributed by atoms with E-state index in [1.54, 1.807) is 38.2 Å². The maximum Gasteiger partial charge on any atom is 0.308 e. The Kier molecular flexibility index (Phi) is 3.99. The highest BCUT2D eigenvalue weighted by atomic mass is 35.5. The second-order valence-corrected chi connectivity index (χ2v) is 5.15. The zero-order chi connectivity index (χ0) is 14.9. The molecule has 5 nitrogen and oxygen atoms in total. The van der Waals surface area contributed by atoms with E-state index in [1.165, 1.54) is 4.90 Å². The van der Waals surface area contributed by atoms with Crippen LogP contribution in [0.1, 0.15) is 17.5 Å². The summed E-state index contributed by atoms with van der Waals surface area (Å²) in [5.74, 6) is -1.77. The van der Waals surface area contributed by atoms with Crippen LogP contribution in [-0.2, 0) is 4.79 Å². The highest BCUT2D eigenvalue weighted by Gasteiger charge is 2.21. The van der Waals surface area contributed by atoms with Crippen LogP contribution in [0.15, 0.2) is 28.7 Å². The molecule has 0 bridgehead atoms. The van der Waals surface area contributed by atoms with E-state index in [0.717, 1.165) is 5.39 Å². The molecule has 1 amide bonds. The van der Waals surface area contributed by atoms with Gasteiger partial charge < -0.3 is 14.4 Å². The second-order valence-electron chi connectivity index (χ2n) is 4.72. The van der Waals surface area contributed by atoms with Gasteiger partial charge in [0.1, 0.15) is 5.58 Å². The Morgan fingerprint density at radius 3 is 2.75 bits per heavy atom. The third kappa shape index (κ3) is 2.93. The zero-order valence-corrected chi connectivity index (χ0v) is 11.8. The molecule has 0 spiro atoms. The molecule has 1 heterocycles. The van der Waals surface area contributed by atoms with Crippen molar-refractivity contribution >= 4 is 34.4 Å². The summed E-state index contributed by atoms with van der Waals surface area (Å²) in [4.78, 5) is 24.3. The summed E-state index contributed by atoms with van der Waals surface area (Å²) >= 11 is 5.87. The molecule has 0 aliphatic heterocycles. The topological polar surface area (TPSA) is 70.8 Å². The highest BCUT2D eigenvalue weighted by molar-refractivity contribution is 6.31. The number of furan rings is 1. The number of amides is 1. The largest absolute Gasteiger partial charge is 0.481 e. The monoisotopic (exact) mass is 295 g/mol. The normalized spacial score (nSPS) is 12.3. The summed E-state index contributed by atoms with van der Waals surface area (Å²) in [5, 5.41) is 10.1. The third-order valence-electron chi connectivity index (χ3n) is 3.01. The molecule has 0 fully saturated rings. The van der Waals surface area contributed by atoms with E-state index in [0.29, 0.717) is 10.6 Å². The van der Waals surface area contributed by atoms with Gasteiger partial charge in [-0.3, -0.25) is 9.59 Å². The van der Waals surface area contributed by atoms with Crippen LogP contribution in [0.5, 0.6) is 0 Å². The van der Waals surface area contributed by atoms with Crippen LogP contribution in [0, 0.1) is 5.92 Å². The minimum Gasteiger partial charge on any atom is -0.481 e.